The van der Waals surface area contributed by atoms with Gasteiger partial charge in [0.05, 0.1) is 16.4 Å². The molecule has 1 atom stereocenters. The molecule has 2 heterocycles. The first-order valence-electron chi connectivity index (χ1n) is 8.25. The Hall–Kier alpha value is -2.80. The molecule has 0 bridgehead atoms. The molecule has 2 aliphatic heterocycles. The van der Waals surface area contributed by atoms with E-state index in [-0.39, 0.29) is 23.5 Å². The average Bonchev–Trinajstić information content (AvgIpc) is 2.59. The highest BCUT2D eigenvalue weighted by Crippen LogP contribution is 2.36. The zero-order valence-electron chi connectivity index (χ0n) is 13.8. The maximum atomic E-state index is 13.0. The van der Waals surface area contributed by atoms with Crippen molar-refractivity contribution in [2.24, 2.45) is 0 Å². The Morgan fingerprint density at radius 2 is 1.84 bits per heavy atom. The number of carbonyl (C=O) groups excluding carboxylic acids is 2. The summed E-state index contributed by atoms with van der Waals surface area (Å²) < 4.78 is 0. The van der Waals surface area contributed by atoms with E-state index < -0.39 is 4.92 Å². The van der Waals surface area contributed by atoms with Gasteiger partial charge in [0.25, 0.3) is 17.5 Å². The topological polar surface area (TPSA) is 83.8 Å². The molecule has 0 N–H and O–H groups in total. The Morgan fingerprint density at radius 3 is 2.52 bits per heavy atom. The molecule has 2 aromatic rings. The van der Waals surface area contributed by atoms with Crippen molar-refractivity contribution >= 4 is 28.3 Å². The number of rotatable bonds is 2. The first kappa shape index (κ1) is 15.7. The molecule has 0 aromatic heterocycles. The van der Waals surface area contributed by atoms with Crippen molar-refractivity contribution in [1.82, 2.24) is 9.80 Å². The number of carbonyl (C=O) groups is 2. The summed E-state index contributed by atoms with van der Waals surface area (Å²) in [6, 6.07) is 7.51. The molecule has 7 heteroatoms. The van der Waals surface area contributed by atoms with Gasteiger partial charge in [-0.05, 0) is 44.6 Å². The van der Waals surface area contributed by atoms with Crippen molar-refractivity contribution in [3.05, 3.63) is 51.6 Å². The zero-order chi connectivity index (χ0) is 17.7. The number of nitro benzene ring substituents is 1. The van der Waals surface area contributed by atoms with Crippen molar-refractivity contribution in [1.29, 1.82) is 0 Å². The van der Waals surface area contributed by atoms with E-state index >= 15 is 0 Å². The summed E-state index contributed by atoms with van der Waals surface area (Å²) in [4.78, 5) is 40.3. The highest BCUT2D eigenvalue weighted by molar-refractivity contribution is 6.26. The van der Waals surface area contributed by atoms with E-state index in [1.54, 1.807) is 18.2 Å². The van der Waals surface area contributed by atoms with Gasteiger partial charge in [-0.25, -0.2) is 0 Å². The number of imide groups is 1. The van der Waals surface area contributed by atoms with Crippen LogP contribution < -0.4 is 0 Å². The van der Waals surface area contributed by atoms with Gasteiger partial charge in [0, 0.05) is 29.1 Å². The predicted molar refractivity (Wildman–Crippen MR) is 91.6 cm³/mol. The molecule has 25 heavy (non-hydrogen) atoms. The van der Waals surface area contributed by atoms with E-state index in [1.165, 1.54) is 17.0 Å². The van der Waals surface area contributed by atoms with Gasteiger partial charge in [0.15, 0.2) is 0 Å². The van der Waals surface area contributed by atoms with E-state index in [4.69, 9.17) is 0 Å². The molecule has 2 aromatic carbocycles. The van der Waals surface area contributed by atoms with Crippen LogP contribution in [0, 0.1) is 10.1 Å². The van der Waals surface area contributed by atoms with Gasteiger partial charge in [0.2, 0.25) is 0 Å². The molecule has 1 saturated heterocycles. The highest BCUT2D eigenvalue weighted by atomic mass is 16.6. The van der Waals surface area contributed by atoms with Crippen LogP contribution in [0.4, 0.5) is 5.69 Å². The van der Waals surface area contributed by atoms with Crippen LogP contribution in [0.1, 0.15) is 33.6 Å². The van der Waals surface area contributed by atoms with Crippen LogP contribution >= 0.6 is 0 Å². The Morgan fingerprint density at radius 1 is 1.12 bits per heavy atom. The minimum absolute atomic E-state index is 0.0907. The van der Waals surface area contributed by atoms with Gasteiger partial charge < -0.3 is 4.90 Å². The molecule has 0 aliphatic carbocycles. The lowest BCUT2D eigenvalue weighted by atomic mass is 9.91. The second-order valence-corrected chi connectivity index (χ2v) is 6.66. The second-order valence-electron chi connectivity index (χ2n) is 6.66. The van der Waals surface area contributed by atoms with E-state index in [2.05, 4.69) is 4.90 Å². The quantitative estimate of drug-likeness (QED) is 0.477. The van der Waals surface area contributed by atoms with E-state index in [9.17, 15) is 19.7 Å². The first-order valence-corrected chi connectivity index (χ1v) is 8.25. The number of benzene rings is 2. The third-order valence-electron chi connectivity index (χ3n) is 5.08. The molecule has 0 unspecified atom stereocenters. The summed E-state index contributed by atoms with van der Waals surface area (Å²) in [5.41, 5.74) is 0.639. The van der Waals surface area contributed by atoms with Gasteiger partial charge in [-0.2, -0.15) is 0 Å². The van der Waals surface area contributed by atoms with Crippen LogP contribution in [0.3, 0.4) is 0 Å². The lowest BCUT2D eigenvalue weighted by Crippen LogP contribution is -2.53. The summed E-state index contributed by atoms with van der Waals surface area (Å²) in [5.74, 6) is -0.715. The van der Waals surface area contributed by atoms with Crippen LogP contribution in [0.2, 0.25) is 0 Å². The number of amides is 2. The molecule has 0 saturated carbocycles. The Kier molecular flexibility index (Phi) is 3.54. The monoisotopic (exact) mass is 339 g/mol. The van der Waals surface area contributed by atoms with Crippen LogP contribution in [0.15, 0.2) is 30.3 Å². The van der Waals surface area contributed by atoms with Crippen LogP contribution in [0.25, 0.3) is 10.8 Å². The second kappa shape index (κ2) is 5.63. The fraction of sp³-hybridized carbons (Fsp3) is 0.333. The van der Waals surface area contributed by atoms with E-state index in [0.29, 0.717) is 28.4 Å². The largest absolute Gasteiger partial charge is 0.304 e. The molecule has 2 aliphatic rings. The van der Waals surface area contributed by atoms with Gasteiger partial charge in [-0.1, -0.05) is 6.07 Å². The SMILES string of the molecule is CN1CCC[C@H](N2C(=O)c3cccc4c([N+](=O)[O-])ccc(c34)C2=O)C1. The van der Waals surface area contributed by atoms with Crippen LogP contribution in [0.5, 0.6) is 0 Å². The van der Waals surface area contributed by atoms with Crippen molar-refractivity contribution in [3.63, 3.8) is 0 Å². The summed E-state index contributed by atoms with van der Waals surface area (Å²) in [6.45, 7) is 1.60. The maximum Gasteiger partial charge on any atom is 0.277 e. The molecular formula is C18H17N3O4. The number of nitrogens with zero attached hydrogens (tertiary/aromatic N) is 3. The third kappa shape index (κ3) is 2.31. The minimum Gasteiger partial charge on any atom is -0.304 e. The number of likely N-dealkylation sites (tertiary alicyclic amines) is 1. The summed E-state index contributed by atoms with van der Waals surface area (Å²) >= 11 is 0. The Balaban J connectivity index is 1.89. The molecule has 7 nitrogen and oxygen atoms in total. The molecule has 128 valence electrons. The van der Waals surface area contributed by atoms with Crippen LogP contribution in [-0.2, 0) is 0 Å². The fourth-order valence-electron chi connectivity index (χ4n) is 3.94. The summed E-state index contributed by atoms with van der Waals surface area (Å²) in [6.07, 6.45) is 1.70. The fourth-order valence-corrected chi connectivity index (χ4v) is 3.94. The summed E-state index contributed by atoms with van der Waals surface area (Å²) in [5, 5.41) is 12.0. The maximum absolute atomic E-state index is 13.0. The van der Waals surface area contributed by atoms with Crippen molar-refractivity contribution < 1.29 is 14.5 Å². The molecule has 0 spiro atoms. The van der Waals surface area contributed by atoms with Gasteiger partial charge in [-0.15, -0.1) is 0 Å². The van der Waals surface area contributed by atoms with Crippen molar-refractivity contribution in [2.75, 3.05) is 20.1 Å². The number of non-ortho nitro benzene ring substituents is 1. The highest BCUT2D eigenvalue weighted by Gasteiger charge is 2.39. The molecule has 0 radical (unpaired) electrons. The Labute approximate surface area is 144 Å². The van der Waals surface area contributed by atoms with Gasteiger partial charge in [-0.3, -0.25) is 24.6 Å². The molecule has 2 amide bonds. The van der Waals surface area contributed by atoms with Crippen molar-refractivity contribution in [3.8, 4) is 0 Å². The number of hydrogen-bond donors (Lipinski definition) is 0. The van der Waals surface area contributed by atoms with Gasteiger partial charge >= 0.3 is 0 Å². The molecular weight excluding hydrogens is 322 g/mol. The lowest BCUT2D eigenvalue weighted by Gasteiger charge is -2.38. The first-order chi connectivity index (χ1) is 12.0. The smallest absolute Gasteiger partial charge is 0.277 e. The summed E-state index contributed by atoms with van der Waals surface area (Å²) in [7, 11) is 1.98. The van der Waals surface area contributed by atoms with Gasteiger partial charge in [0.1, 0.15) is 0 Å². The standard InChI is InChI=1S/C18H17N3O4/c1-19-9-3-4-11(10-19)20-17(22)13-6-2-5-12-15(21(24)25)8-7-14(16(12)13)18(20)23/h2,5-8,11H,3-4,9-10H2,1H3/t11-/m0/s1. The number of likely N-dealkylation sites (N-methyl/N-ethyl adjacent to an activating group) is 1. The van der Waals surface area contributed by atoms with E-state index in [1.807, 2.05) is 7.05 Å². The number of nitro groups is 1. The Bertz CT molecular complexity index is 902. The van der Waals surface area contributed by atoms with Crippen molar-refractivity contribution in [2.45, 2.75) is 18.9 Å². The molecule has 4 rings (SSSR count). The normalized spacial score (nSPS) is 21.0. The van der Waals surface area contributed by atoms with E-state index in [0.717, 1.165) is 19.4 Å². The average molecular weight is 339 g/mol. The molecule has 1 fully saturated rings. The lowest BCUT2D eigenvalue weighted by molar-refractivity contribution is -0.383. The third-order valence-corrected chi connectivity index (χ3v) is 5.08. The zero-order valence-corrected chi connectivity index (χ0v) is 13.8. The predicted octanol–water partition coefficient (Wildman–Crippen LogP) is 2.44. The number of piperidine rings is 1. The van der Waals surface area contributed by atoms with Crippen LogP contribution in [-0.4, -0.2) is 52.7 Å². The number of hydrogen-bond acceptors (Lipinski definition) is 5. The minimum atomic E-state index is -0.486.